The molecule has 3 N–H and O–H groups in total. The molecule has 116 valence electrons. The molecule has 1 aliphatic heterocycles. The topological polar surface area (TPSA) is 69.9 Å². The Labute approximate surface area is 129 Å². The van der Waals surface area contributed by atoms with Crippen LogP contribution in [0, 0.1) is 0 Å². The molecule has 4 heteroatoms. The first kappa shape index (κ1) is 15.2. The normalized spacial score (nSPS) is 28.0. The number of rotatable bonds is 4. The van der Waals surface area contributed by atoms with Crippen molar-refractivity contribution in [2.75, 3.05) is 6.61 Å². The summed E-state index contributed by atoms with van der Waals surface area (Å²) in [6, 6.07) is 18.0. The molecule has 0 aliphatic carbocycles. The van der Waals surface area contributed by atoms with Crippen LogP contribution in [0.5, 0.6) is 0 Å². The van der Waals surface area contributed by atoms with Gasteiger partial charge in [-0.1, -0.05) is 54.6 Å². The fourth-order valence-electron chi connectivity index (χ4n) is 2.83. The van der Waals surface area contributed by atoms with E-state index >= 15 is 0 Å². The van der Waals surface area contributed by atoms with E-state index in [2.05, 4.69) is 12.1 Å². The quantitative estimate of drug-likeness (QED) is 0.799. The Kier molecular flexibility index (Phi) is 4.55. The van der Waals surface area contributed by atoms with Gasteiger partial charge in [-0.15, -0.1) is 0 Å². The number of aliphatic hydroxyl groups excluding tert-OH is 3. The molecule has 0 aromatic heterocycles. The molecule has 4 nitrogen and oxygen atoms in total. The molecule has 3 rings (SSSR count). The summed E-state index contributed by atoms with van der Waals surface area (Å²) in [6.45, 7) is -0.305. The van der Waals surface area contributed by atoms with Crippen molar-refractivity contribution in [1.29, 1.82) is 0 Å². The Balaban J connectivity index is 1.72. The lowest BCUT2D eigenvalue weighted by Crippen LogP contribution is -2.32. The Morgan fingerprint density at radius 2 is 1.45 bits per heavy atom. The lowest BCUT2D eigenvalue weighted by molar-refractivity contribution is -0.0227. The zero-order chi connectivity index (χ0) is 15.5. The van der Waals surface area contributed by atoms with Gasteiger partial charge in [-0.2, -0.15) is 0 Å². The van der Waals surface area contributed by atoms with Gasteiger partial charge in [0, 0.05) is 0 Å². The Hall–Kier alpha value is -1.72. The van der Waals surface area contributed by atoms with Crippen LogP contribution in [0.1, 0.15) is 22.8 Å². The van der Waals surface area contributed by atoms with Crippen LogP contribution in [0.25, 0.3) is 0 Å². The smallest absolute Gasteiger partial charge is 0.113 e. The summed E-state index contributed by atoms with van der Waals surface area (Å²) in [5, 5.41) is 29.0. The van der Waals surface area contributed by atoms with Gasteiger partial charge in [0.15, 0.2) is 0 Å². The predicted octanol–water partition coefficient (Wildman–Crippen LogP) is 1.43. The van der Waals surface area contributed by atoms with Gasteiger partial charge in [-0.25, -0.2) is 0 Å². The highest BCUT2D eigenvalue weighted by atomic mass is 16.6. The maximum absolute atomic E-state index is 10.0. The van der Waals surface area contributed by atoms with Crippen molar-refractivity contribution in [3.63, 3.8) is 0 Å². The molecular formula is C18H20O4. The van der Waals surface area contributed by atoms with E-state index in [9.17, 15) is 10.2 Å². The molecule has 0 amide bonds. The minimum atomic E-state index is -1.06. The molecule has 1 heterocycles. The minimum absolute atomic E-state index is 0.305. The summed E-state index contributed by atoms with van der Waals surface area (Å²) in [6.07, 6.45) is -2.56. The van der Waals surface area contributed by atoms with E-state index in [-0.39, 0.29) is 6.61 Å². The molecule has 0 unspecified atom stereocenters. The average molecular weight is 300 g/mol. The summed E-state index contributed by atoms with van der Waals surface area (Å²) in [5.41, 5.74) is 3.21. The zero-order valence-corrected chi connectivity index (χ0v) is 12.2. The molecule has 0 saturated carbocycles. The van der Waals surface area contributed by atoms with Crippen LogP contribution in [0.15, 0.2) is 54.6 Å². The number of aliphatic hydroxyl groups is 3. The zero-order valence-electron chi connectivity index (χ0n) is 12.2. The van der Waals surface area contributed by atoms with E-state index in [0.717, 1.165) is 12.0 Å². The van der Waals surface area contributed by atoms with Crippen molar-refractivity contribution in [3.05, 3.63) is 71.3 Å². The van der Waals surface area contributed by atoms with Crippen molar-refractivity contribution in [2.45, 2.75) is 30.8 Å². The van der Waals surface area contributed by atoms with Crippen molar-refractivity contribution >= 4 is 0 Å². The van der Waals surface area contributed by atoms with Gasteiger partial charge in [0.1, 0.15) is 24.4 Å². The molecule has 0 bridgehead atoms. The van der Waals surface area contributed by atoms with Gasteiger partial charge in [0.05, 0.1) is 6.61 Å². The van der Waals surface area contributed by atoms with Gasteiger partial charge in [-0.05, 0) is 23.1 Å². The number of benzene rings is 2. The third kappa shape index (κ3) is 3.05. The highest BCUT2D eigenvalue weighted by Gasteiger charge is 2.42. The van der Waals surface area contributed by atoms with E-state index < -0.39 is 24.4 Å². The van der Waals surface area contributed by atoms with Gasteiger partial charge in [-0.3, -0.25) is 0 Å². The molecule has 1 saturated heterocycles. The third-order valence-electron chi connectivity index (χ3n) is 4.10. The van der Waals surface area contributed by atoms with Gasteiger partial charge < -0.3 is 20.1 Å². The van der Waals surface area contributed by atoms with E-state index in [1.165, 1.54) is 11.1 Å². The lowest BCUT2D eigenvalue weighted by Gasteiger charge is -2.15. The van der Waals surface area contributed by atoms with Crippen molar-refractivity contribution in [1.82, 2.24) is 0 Å². The molecule has 0 radical (unpaired) electrons. The average Bonchev–Trinajstić information content (AvgIpc) is 2.85. The first-order valence-electron chi connectivity index (χ1n) is 7.44. The predicted molar refractivity (Wildman–Crippen MR) is 82.4 cm³/mol. The summed E-state index contributed by atoms with van der Waals surface area (Å²) >= 11 is 0. The number of hydrogen-bond acceptors (Lipinski definition) is 4. The highest BCUT2D eigenvalue weighted by molar-refractivity contribution is 5.30. The molecule has 2 aromatic rings. The maximum Gasteiger partial charge on any atom is 0.113 e. The van der Waals surface area contributed by atoms with Crippen LogP contribution in [0.4, 0.5) is 0 Å². The second-order valence-corrected chi connectivity index (χ2v) is 5.66. The number of hydrogen-bond donors (Lipinski definition) is 3. The molecule has 22 heavy (non-hydrogen) atoms. The molecule has 1 aliphatic rings. The SMILES string of the molecule is OC[C@H]1O[C@@H](c2ccc(Cc3ccccc3)cc2)[C@H](O)[C@@H]1O. The van der Waals surface area contributed by atoms with Crippen LogP contribution in [0.2, 0.25) is 0 Å². The van der Waals surface area contributed by atoms with Crippen LogP contribution in [-0.4, -0.2) is 40.2 Å². The highest BCUT2D eigenvalue weighted by Crippen LogP contribution is 2.33. The second kappa shape index (κ2) is 6.58. The standard InChI is InChI=1S/C18H20O4/c19-11-15-16(20)17(21)18(22-15)14-8-6-13(7-9-14)10-12-4-2-1-3-5-12/h1-9,15-21H,10-11H2/t15-,16-,17-,18+/m1/s1. The van der Waals surface area contributed by atoms with Crippen molar-refractivity contribution in [3.8, 4) is 0 Å². The van der Waals surface area contributed by atoms with Crippen molar-refractivity contribution < 1.29 is 20.1 Å². The Morgan fingerprint density at radius 1 is 0.818 bits per heavy atom. The van der Waals surface area contributed by atoms with E-state index in [0.29, 0.717) is 0 Å². The van der Waals surface area contributed by atoms with E-state index in [1.807, 2.05) is 42.5 Å². The van der Waals surface area contributed by atoms with E-state index in [4.69, 9.17) is 9.84 Å². The molecular weight excluding hydrogens is 280 g/mol. The number of ether oxygens (including phenoxy) is 1. The molecule has 2 aromatic carbocycles. The summed E-state index contributed by atoms with van der Waals surface area (Å²) in [7, 11) is 0. The van der Waals surface area contributed by atoms with Crippen LogP contribution in [-0.2, 0) is 11.2 Å². The summed E-state index contributed by atoms with van der Waals surface area (Å²) < 4.78 is 5.53. The monoisotopic (exact) mass is 300 g/mol. The first-order chi connectivity index (χ1) is 10.7. The van der Waals surface area contributed by atoms with Crippen LogP contribution >= 0.6 is 0 Å². The molecule has 4 atom stereocenters. The van der Waals surface area contributed by atoms with E-state index in [1.54, 1.807) is 0 Å². The van der Waals surface area contributed by atoms with Crippen molar-refractivity contribution in [2.24, 2.45) is 0 Å². The largest absolute Gasteiger partial charge is 0.394 e. The minimum Gasteiger partial charge on any atom is -0.394 e. The summed E-state index contributed by atoms with van der Waals surface area (Å²) in [4.78, 5) is 0. The maximum atomic E-state index is 10.0. The van der Waals surface area contributed by atoms with Gasteiger partial charge in [0.25, 0.3) is 0 Å². The Bertz CT molecular complexity index is 596. The van der Waals surface area contributed by atoms with Crippen LogP contribution in [0.3, 0.4) is 0 Å². The third-order valence-corrected chi connectivity index (χ3v) is 4.10. The first-order valence-corrected chi connectivity index (χ1v) is 7.44. The lowest BCUT2D eigenvalue weighted by atomic mass is 9.98. The summed E-state index contributed by atoms with van der Waals surface area (Å²) in [5.74, 6) is 0. The molecule has 0 spiro atoms. The Morgan fingerprint density at radius 3 is 2.05 bits per heavy atom. The fraction of sp³-hybridized carbons (Fsp3) is 0.333. The van der Waals surface area contributed by atoms with Crippen LogP contribution < -0.4 is 0 Å². The van der Waals surface area contributed by atoms with Gasteiger partial charge in [0.2, 0.25) is 0 Å². The second-order valence-electron chi connectivity index (χ2n) is 5.66. The fourth-order valence-corrected chi connectivity index (χ4v) is 2.83. The molecule has 1 fully saturated rings. The van der Waals surface area contributed by atoms with Gasteiger partial charge >= 0.3 is 0 Å².